The van der Waals surface area contributed by atoms with Gasteiger partial charge in [-0.3, -0.25) is 9.48 Å². The number of carbonyl (C=O) groups is 1. The molecule has 6 heteroatoms. The van der Waals surface area contributed by atoms with E-state index in [9.17, 15) is 4.79 Å². The Morgan fingerprint density at radius 3 is 2.88 bits per heavy atom. The minimum atomic E-state index is -0.478. The van der Waals surface area contributed by atoms with Crippen molar-refractivity contribution >= 4 is 5.91 Å². The number of nitrogens with one attached hydrogen (secondary N) is 1. The van der Waals surface area contributed by atoms with Crippen molar-refractivity contribution in [2.45, 2.75) is 71.6 Å². The van der Waals surface area contributed by atoms with Gasteiger partial charge in [0.25, 0.3) is 0 Å². The predicted octanol–water partition coefficient (Wildman–Crippen LogP) is 2.57. The second-order valence-electron chi connectivity index (χ2n) is 7.29. The number of ether oxygens (including phenoxy) is 2. The summed E-state index contributed by atoms with van der Waals surface area (Å²) >= 11 is 0. The summed E-state index contributed by atoms with van der Waals surface area (Å²) in [5.74, 6) is -0.0761. The quantitative estimate of drug-likeness (QED) is 0.777. The van der Waals surface area contributed by atoms with Gasteiger partial charge in [-0.25, -0.2) is 0 Å². The first-order valence-electron chi connectivity index (χ1n) is 8.91. The predicted molar refractivity (Wildman–Crippen MR) is 93.0 cm³/mol. The van der Waals surface area contributed by atoms with Crippen molar-refractivity contribution in [1.82, 2.24) is 15.1 Å². The zero-order valence-electron chi connectivity index (χ0n) is 15.6. The van der Waals surface area contributed by atoms with Gasteiger partial charge in [0.1, 0.15) is 6.10 Å². The summed E-state index contributed by atoms with van der Waals surface area (Å²) in [6, 6.07) is 0.0234. The maximum absolute atomic E-state index is 12.4. The van der Waals surface area contributed by atoms with Gasteiger partial charge in [-0.1, -0.05) is 0 Å². The van der Waals surface area contributed by atoms with Crippen molar-refractivity contribution in [3.8, 4) is 0 Å². The molecule has 2 atom stereocenters. The molecule has 0 saturated heterocycles. The molecule has 1 aliphatic carbocycles. The first kappa shape index (κ1) is 18.9. The van der Waals surface area contributed by atoms with Gasteiger partial charge in [0.05, 0.1) is 31.0 Å². The lowest BCUT2D eigenvalue weighted by Gasteiger charge is -2.28. The number of carbonyl (C=O) groups excluding carboxylic acids is 1. The largest absolute Gasteiger partial charge is 0.379 e. The van der Waals surface area contributed by atoms with Crippen LogP contribution in [0.3, 0.4) is 0 Å². The van der Waals surface area contributed by atoms with Crippen LogP contribution in [0.25, 0.3) is 0 Å². The molecule has 0 aliphatic heterocycles. The normalized spacial score (nSPS) is 19.0. The van der Waals surface area contributed by atoms with Gasteiger partial charge in [0.2, 0.25) is 5.91 Å². The number of rotatable bonds is 7. The molecule has 1 aliphatic rings. The van der Waals surface area contributed by atoms with Gasteiger partial charge in [-0.15, -0.1) is 0 Å². The Bertz CT molecular complexity index is 548. The van der Waals surface area contributed by atoms with E-state index in [1.54, 1.807) is 6.92 Å². The van der Waals surface area contributed by atoms with Crippen molar-refractivity contribution in [2.75, 3.05) is 19.8 Å². The number of fused-ring (bicyclic) bond motifs is 1. The van der Waals surface area contributed by atoms with Crippen molar-refractivity contribution in [2.24, 2.45) is 0 Å². The molecular weight excluding hydrogens is 306 g/mol. The van der Waals surface area contributed by atoms with Crippen LogP contribution in [0.4, 0.5) is 0 Å². The first-order valence-corrected chi connectivity index (χ1v) is 8.91. The molecule has 0 saturated carbocycles. The van der Waals surface area contributed by atoms with Gasteiger partial charge in [-0.05, 0) is 53.9 Å². The van der Waals surface area contributed by atoms with E-state index >= 15 is 0 Å². The van der Waals surface area contributed by atoms with Gasteiger partial charge < -0.3 is 14.8 Å². The van der Waals surface area contributed by atoms with Crippen molar-refractivity contribution < 1.29 is 14.3 Å². The van der Waals surface area contributed by atoms with Crippen LogP contribution in [0.1, 0.15) is 64.8 Å². The second kappa shape index (κ2) is 8.12. The Morgan fingerprint density at radius 2 is 2.21 bits per heavy atom. The number of hydrogen-bond acceptors (Lipinski definition) is 4. The smallest absolute Gasteiger partial charge is 0.249 e. The number of hydrogen-bond donors (Lipinski definition) is 1. The van der Waals surface area contributed by atoms with E-state index in [-0.39, 0.29) is 17.5 Å². The molecule has 0 fully saturated rings. The zero-order valence-corrected chi connectivity index (χ0v) is 15.6. The van der Waals surface area contributed by atoms with E-state index in [2.05, 4.69) is 35.9 Å². The molecule has 1 N–H and O–H groups in total. The third-order valence-electron chi connectivity index (χ3n) is 4.30. The highest BCUT2D eigenvalue weighted by molar-refractivity contribution is 5.80. The van der Waals surface area contributed by atoms with E-state index in [4.69, 9.17) is 9.47 Å². The lowest BCUT2D eigenvalue weighted by Crippen LogP contribution is -2.39. The van der Waals surface area contributed by atoms with Crippen molar-refractivity contribution in [3.05, 3.63) is 17.5 Å². The van der Waals surface area contributed by atoms with Crippen LogP contribution in [-0.4, -0.2) is 41.6 Å². The summed E-state index contributed by atoms with van der Waals surface area (Å²) in [4.78, 5) is 12.4. The monoisotopic (exact) mass is 337 g/mol. The standard InChI is InChI=1S/C18H31N3O3/c1-6-23-10-11-24-13(2)17(22)20-15-8-7-9-16-14(15)12-19-21(16)18(3,4)5/h12-13,15H,6-11H2,1-5H3,(H,20,22)/t13-,15-/m0/s1. The molecule has 1 aromatic heterocycles. The van der Waals surface area contributed by atoms with Crippen LogP contribution in [-0.2, 0) is 26.2 Å². The molecule has 0 bridgehead atoms. The highest BCUT2D eigenvalue weighted by atomic mass is 16.5. The zero-order chi connectivity index (χ0) is 17.7. The summed E-state index contributed by atoms with van der Waals surface area (Å²) in [6.45, 7) is 11.8. The molecule has 136 valence electrons. The highest BCUT2D eigenvalue weighted by Gasteiger charge is 2.29. The Kier molecular flexibility index (Phi) is 6.40. The van der Waals surface area contributed by atoms with Crippen LogP contribution in [0.2, 0.25) is 0 Å². The fraction of sp³-hybridized carbons (Fsp3) is 0.778. The second-order valence-corrected chi connectivity index (χ2v) is 7.29. The molecule has 24 heavy (non-hydrogen) atoms. The Balaban J connectivity index is 1.97. The minimum absolute atomic E-state index is 0.0234. The van der Waals surface area contributed by atoms with Crippen LogP contribution in [0, 0.1) is 0 Å². The SMILES string of the molecule is CCOCCO[C@@H](C)C(=O)N[C@H]1CCCc2c1cnn2C(C)(C)C. The number of aromatic nitrogens is 2. The van der Waals surface area contributed by atoms with Crippen LogP contribution >= 0.6 is 0 Å². The number of amides is 1. The molecule has 2 rings (SSSR count). The topological polar surface area (TPSA) is 65.4 Å². The summed E-state index contributed by atoms with van der Waals surface area (Å²) in [6.07, 6.45) is 4.44. The molecule has 6 nitrogen and oxygen atoms in total. The third-order valence-corrected chi connectivity index (χ3v) is 4.30. The summed E-state index contributed by atoms with van der Waals surface area (Å²) in [5.41, 5.74) is 2.34. The van der Waals surface area contributed by atoms with Gasteiger partial charge in [0.15, 0.2) is 0 Å². The van der Waals surface area contributed by atoms with Crippen molar-refractivity contribution in [1.29, 1.82) is 0 Å². The van der Waals surface area contributed by atoms with Gasteiger partial charge >= 0.3 is 0 Å². The summed E-state index contributed by atoms with van der Waals surface area (Å²) < 4.78 is 12.8. The highest BCUT2D eigenvalue weighted by Crippen LogP contribution is 2.32. The Hall–Kier alpha value is -1.40. The van der Waals surface area contributed by atoms with E-state index in [1.807, 2.05) is 13.1 Å². The lowest BCUT2D eigenvalue weighted by molar-refractivity contribution is -0.133. The van der Waals surface area contributed by atoms with Crippen molar-refractivity contribution in [3.63, 3.8) is 0 Å². The molecule has 0 spiro atoms. The average molecular weight is 337 g/mol. The maximum Gasteiger partial charge on any atom is 0.249 e. The lowest BCUT2D eigenvalue weighted by atomic mass is 9.92. The van der Waals surface area contributed by atoms with E-state index in [1.165, 1.54) is 5.69 Å². The Labute approximate surface area is 144 Å². The van der Waals surface area contributed by atoms with Crippen LogP contribution in [0.5, 0.6) is 0 Å². The molecular formula is C18H31N3O3. The molecule has 1 heterocycles. The summed E-state index contributed by atoms with van der Waals surface area (Å²) in [5, 5.41) is 7.68. The average Bonchev–Trinajstić information content (AvgIpc) is 2.96. The first-order chi connectivity index (χ1) is 11.3. The van der Waals surface area contributed by atoms with E-state index in [0.29, 0.717) is 19.8 Å². The molecule has 1 amide bonds. The molecule has 0 radical (unpaired) electrons. The molecule has 1 aromatic rings. The summed E-state index contributed by atoms with van der Waals surface area (Å²) in [7, 11) is 0. The molecule has 0 unspecified atom stereocenters. The fourth-order valence-corrected chi connectivity index (χ4v) is 3.08. The van der Waals surface area contributed by atoms with Crippen LogP contribution in [0.15, 0.2) is 6.20 Å². The van der Waals surface area contributed by atoms with E-state index < -0.39 is 6.10 Å². The minimum Gasteiger partial charge on any atom is -0.379 e. The molecule has 0 aromatic carbocycles. The number of nitrogens with zero attached hydrogens (tertiary/aromatic N) is 2. The Morgan fingerprint density at radius 1 is 1.46 bits per heavy atom. The van der Waals surface area contributed by atoms with E-state index in [0.717, 1.165) is 24.8 Å². The third kappa shape index (κ3) is 4.57. The van der Waals surface area contributed by atoms with Gasteiger partial charge in [-0.2, -0.15) is 5.10 Å². The fourth-order valence-electron chi connectivity index (χ4n) is 3.08. The maximum atomic E-state index is 12.4. The van der Waals surface area contributed by atoms with Gasteiger partial charge in [0, 0.05) is 17.9 Å². The van der Waals surface area contributed by atoms with Crippen LogP contribution < -0.4 is 5.32 Å².